The van der Waals surface area contributed by atoms with E-state index in [1.54, 1.807) is 6.92 Å². The van der Waals surface area contributed by atoms with Crippen LogP contribution in [0.2, 0.25) is 0 Å². The van der Waals surface area contributed by atoms with E-state index >= 15 is 0 Å². The standard InChI is InChI=1S/C17H20N6O5S2/c1-4-23-10-15(12(2)20-23)30(26,27)21-13-5-7-14(8-6-13)29(24,25)22-16-9-17(28-3)19-11-18-16/h5-11,21H,4H2,1-3H3,(H,18,19,22). The second-order valence-electron chi connectivity index (χ2n) is 6.12. The Kier molecular flexibility index (Phi) is 5.94. The van der Waals surface area contributed by atoms with Gasteiger partial charge in [-0.2, -0.15) is 5.10 Å². The van der Waals surface area contributed by atoms with Crippen LogP contribution in [0.15, 0.2) is 52.6 Å². The molecule has 0 radical (unpaired) electrons. The molecule has 0 saturated heterocycles. The normalized spacial score (nSPS) is 11.8. The van der Waals surface area contributed by atoms with Crippen LogP contribution in [-0.2, 0) is 26.6 Å². The smallest absolute Gasteiger partial charge is 0.265 e. The van der Waals surface area contributed by atoms with E-state index in [9.17, 15) is 16.8 Å². The molecule has 0 spiro atoms. The molecule has 0 bridgehead atoms. The Balaban J connectivity index is 1.79. The molecule has 11 nitrogen and oxygen atoms in total. The van der Waals surface area contributed by atoms with Crippen molar-refractivity contribution in [2.24, 2.45) is 0 Å². The van der Waals surface area contributed by atoms with Crippen LogP contribution in [-0.4, -0.2) is 43.7 Å². The van der Waals surface area contributed by atoms with Crippen molar-refractivity contribution in [1.29, 1.82) is 0 Å². The average Bonchev–Trinajstić information content (AvgIpc) is 3.10. The van der Waals surface area contributed by atoms with E-state index in [0.717, 1.165) is 6.33 Å². The molecule has 2 N–H and O–H groups in total. The summed E-state index contributed by atoms with van der Waals surface area (Å²) in [6, 6.07) is 6.60. The summed E-state index contributed by atoms with van der Waals surface area (Å²) in [5, 5.41) is 4.13. The van der Waals surface area contributed by atoms with Crippen LogP contribution in [0, 0.1) is 6.92 Å². The number of sulfonamides is 2. The maximum atomic E-state index is 12.6. The fourth-order valence-corrected chi connectivity index (χ4v) is 4.79. The van der Waals surface area contributed by atoms with Gasteiger partial charge in [-0.05, 0) is 38.1 Å². The molecule has 0 saturated carbocycles. The number of aromatic nitrogens is 4. The molecule has 30 heavy (non-hydrogen) atoms. The van der Waals surface area contributed by atoms with Gasteiger partial charge in [-0.3, -0.25) is 14.1 Å². The van der Waals surface area contributed by atoms with Crippen LogP contribution in [0.5, 0.6) is 5.88 Å². The summed E-state index contributed by atoms with van der Waals surface area (Å²) in [7, 11) is -6.41. The van der Waals surface area contributed by atoms with Gasteiger partial charge in [-0.15, -0.1) is 0 Å². The average molecular weight is 453 g/mol. The lowest BCUT2D eigenvalue weighted by Crippen LogP contribution is -2.15. The van der Waals surface area contributed by atoms with E-state index in [0.29, 0.717) is 12.2 Å². The van der Waals surface area contributed by atoms with Crippen molar-refractivity contribution in [3.05, 3.63) is 48.5 Å². The molecular weight excluding hydrogens is 432 g/mol. The summed E-state index contributed by atoms with van der Waals surface area (Å²) in [5.74, 6) is 0.240. The Labute approximate surface area is 174 Å². The van der Waals surface area contributed by atoms with Gasteiger partial charge in [0, 0.05) is 24.5 Å². The maximum absolute atomic E-state index is 12.6. The van der Waals surface area contributed by atoms with Gasteiger partial charge in [0.15, 0.2) is 0 Å². The number of hydrogen-bond donors (Lipinski definition) is 2. The molecule has 1 aromatic carbocycles. The minimum Gasteiger partial charge on any atom is -0.481 e. The maximum Gasteiger partial charge on any atom is 0.265 e. The predicted octanol–water partition coefficient (Wildman–Crippen LogP) is 1.61. The summed E-state index contributed by atoms with van der Waals surface area (Å²) >= 11 is 0. The summed E-state index contributed by atoms with van der Waals surface area (Å²) in [4.78, 5) is 7.62. The highest BCUT2D eigenvalue weighted by atomic mass is 32.2. The Morgan fingerprint density at radius 1 is 1.03 bits per heavy atom. The van der Waals surface area contributed by atoms with Crippen molar-refractivity contribution in [2.45, 2.75) is 30.2 Å². The molecule has 2 heterocycles. The third-order valence-corrected chi connectivity index (χ3v) is 6.88. The minimum atomic E-state index is -3.94. The van der Waals surface area contributed by atoms with Crippen molar-refractivity contribution in [3.8, 4) is 5.88 Å². The first-order valence-corrected chi connectivity index (χ1v) is 11.7. The second-order valence-corrected chi connectivity index (χ2v) is 9.45. The Bertz CT molecular complexity index is 1250. The molecule has 13 heteroatoms. The number of benzene rings is 1. The van der Waals surface area contributed by atoms with Gasteiger partial charge in [-0.25, -0.2) is 26.8 Å². The summed E-state index contributed by atoms with van der Waals surface area (Å²) in [6.07, 6.45) is 2.60. The SMILES string of the molecule is CCn1cc(S(=O)(=O)Nc2ccc(S(=O)(=O)Nc3cc(OC)ncn3)cc2)c(C)n1. The number of hydrogen-bond acceptors (Lipinski definition) is 8. The zero-order chi connectivity index (χ0) is 21.9. The van der Waals surface area contributed by atoms with Gasteiger partial charge in [0.05, 0.1) is 17.7 Å². The van der Waals surface area contributed by atoms with Crippen LogP contribution < -0.4 is 14.2 Å². The number of nitrogens with zero attached hydrogens (tertiary/aromatic N) is 4. The van der Waals surface area contributed by atoms with Gasteiger partial charge in [0.2, 0.25) is 5.88 Å². The molecule has 0 fully saturated rings. The predicted molar refractivity (Wildman–Crippen MR) is 109 cm³/mol. The zero-order valence-corrected chi connectivity index (χ0v) is 18.0. The molecule has 0 aliphatic rings. The quantitative estimate of drug-likeness (QED) is 0.524. The van der Waals surface area contributed by atoms with Gasteiger partial charge >= 0.3 is 0 Å². The Morgan fingerprint density at radius 2 is 1.73 bits per heavy atom. The van der Waals surface area contributed by atoms with Crippen molar-refractivity contribution >= 4 is 31.6 Å². The Morgan fingerprint density at radius 3 is 2.33 bits per heavy atom. The van der Waals surface area contributed by atoms with E-state index < -0.39 is 20.0 Å². The number of ether oxygens (including phenoxy) is 1. The van der Waals surface area contributed by atoms with Gasteiger partial charge in [0.25, 0.3) is 20.0 Å². The van der Waals surface area contributed by atoms with Crippen molar-refractivity contribution in [2.75, 3.05) is 16.6 Å². The first-order valence-electron chi connectivity index (χ1n) is 8.70. The first kappa shape index (κ1) is 21.5. The van der Waals surface area contributed by atoms with E-state index in [2.05, 4.69) is 24.5 Å². The lowest BCUT2D eigenvalue weighted by atomic mass is 10.3. The second kappa shape index (κ2) is 8.28. The monoisotopic (exact) mass is 452 g/mol. The van der Waals surface area contributed by atoms with Crippen LogP contribution >= 0.6 is 0 Å². The highest BCUT2D eigenvalue weighted by Gasteiger charge is 2.21. The number of anilines is 2. The third-order valence-electron chi connectivity index (χ3n) is 4.02. The molecule has 3 rings (SSSR count). The van der Waals surface area contributed by atoms with Crippen molar-refractivity contribution < 1.29 is 21.6 Å². The number of nitrogens with one attached hydrogen (secondary N) is 2. The summed E-state index contributed by atoms with van der Waals surface area (Å²) in [6.45, 7) is 3.99. The molecule has 0 aliphatic heterocycles. The number of rotatable bonds is 8. The van der Waals surface area contributed by atoms with Crippen LogP contribution in [0.4, 0.5) is 11.5 Å². The first-order chi connectivity index (χ1) is 14.1. The van der Waals surface area contributed by atoms with E-state index in [1.165, 1.54) is 48.3 Å². The molecule has 160 valence electrons. The highest BCUT2D eigenvalue weighted by Crippen LogP contribution is 2.22. The Hall–Kier alpha value is -3.19. The van der Waals surface area contributed by atoms with Gasteiger partial charge < -0.3 is 4.74 Å². The largest absolute Gasteiger partial charge is 0.481 e. The molecule has 0 aliphatic carbocycles. The lowest BCUT2D eigenvalue weighted by Gasteiger charge is -2.10. The van der Waals surface area contributed by atoms with Gasteiger partial charge in [-0.1, -0.05) is 0 Å². The molecular formula is C17H20N6O5S2. The summed E-state index contributed by atoms with van der Waals surface area (Å²) < 4.78 is 61.5. The van der Waals surface area contributed by atoms with Crippen LogP contribution in [0.25, 0.3) is 0 Å². The lowest BCUT2D eigenvalue weighted by molar-refractivity contribution is 0.397. The molecule has 0 unspecified atom stereocenters. The van der Waals surface area contributed by atoms with E-state index in [4.69, 9.17) is 4.74 Å². The van der Waals surface area contributed by atoms with Crippen LogP contribution in [0.3, 0.4) is 0 Å². The highest BCUT2D eigenvalue weighted by molar-refractivity contribution is 7.93. The zero-order valence-electron chi connectivity index (χ0n) is 16.4. The molecule has 0 amide bonds. The van der Waals surface area contributed by atoms with E-state index in [1.807, 2.05) is 6.92 Å². The van der Waals surface area contributed by atoms with Crippen molar-refractivity contribution in [1.82, 2.24) is 19.7 Å². The fraction of sp³-hybridized carbons (Fsp3) is 0.235. The molecule has 2 aromatic heterocycles. The topological polar surface area (TPSA) is 145 Å². The number of aryl methyl sites for hydroxylation is 2. The number of methoxy groups -OCH3 is 1. The fourth-order valence-electron chi connectivity index (χ4n) is 2.54. The van der Waals surface area contributed by atoms with Crippen molar-refractivity contribution in [3.63, 3.8) is 0 Å². The summed E-state index contributed by atoms with van der Waals surface area (Å²) in [5.41, 5.74) is 0.578. The van der Waals surface area contributed by atoms with Crippen LogP contribution in [0.1, 0.15) is 12.6 Å². The van der Waals surface area contributed by atoms with Gasteiger partial charge in [0.1, 0.15) is 17.0 Å². The van der Waals surface area contributed by atoms with E-state index in [-0.39, 0.29) is 27.2 Å². The molecule has 3 aromatic rings. The molecule has 0 atom stereocenters. The minimum absolute atomic E-state index is 0.0371. The third kappa shape index (κ3) is 4.68.